The molecule has 1 heterocycles. The molecule has 1 aromatic heterocycles. The maximum absolute atomic E-state index is 12.6. The third-order valence-corrected chi connectivity index (χ3v) is 4.37. The van der Waals surface area contributed by atoms with Crippen molar-refractivity contribution in [3.8, 4) is 0 Å². The van der Waals surface area contributed by atoms with E-state index in [0.717, 1.165) is 16.5 Å². The van der Waals surface area contributed by atoms with E-state index in [0.29, 0.717) is 22.8 Å². The van der Waals surface area contributed by atoms with Gasteiger partial charge >= 0.3 is 5.97 Å². The van der Waals surface area contributed by atoms with Gasteiger partial charge in [-0.25, -0.2) is 4.79 Å². The second kappa shape index (κ2) is 7.62. The van der Waals surface area contributed by atoms with Crippen LogP contribution in [0.3, 0.4) is 0 Å². The van der Waals surface area contributed by atoms with Gasteiger partial charge in [0.1, 0.15) is 5.56 Å². The number of benzene rings is 2. The lowest BCUT2D eigenvalue weighted by Crippen LogP contribution is -2.23. The number of anilines is 1. The highest BCUT2D eigenvalue weighted by atomic mass is 35.5. The minimum Gasteiger partial charge on any atom is -0.462 e. The Morgan fingerprint density at radius 2 is 1.92 bits per heavy atom. The molecule has 5 nitrogen and oxygen atoms in total. The first kappa shape index (κ1) is 18.0. The van der Waals surface area contributed by atoms with Crippen LogP contribution in [0.5, 0.6) is 0 Å². The van der Waals surface area contributed by atoms with Crippen LogP contribution >= 0.6 is 11.6 Å². The van der Waals surface area contributed by atoms with Gasteiger partial charge in [-0.05, 0) is 37.1 Å². The number of fused-ring (bicyclic) bond motifs is 1. The number of ether oxygens (including phenoxy) is 1. The molecule has 0 radical (unpaired) electrons. The molecule has 0 atom stereocenters. The summed E-state index contributed by atoms with van der Waals surface area (Å²) in [6.45, 7) is 4.25. The molecule has 26 heavy (non-hydrogen) atoms. The van der Waals surface area contributed by atoms with Gasteiger partial charge in [0.25, 0.3) is 5.56 Å². The quantitative estimate of drug-likeness (QED) is 0.657. The highest BCUT2D eigenvalue weighted by Crippen LogP contribution is 2.27. The van der Waals surface area contributed by atoms with E-state index < -0.39 is 11.5 Å². The third kappa shape index (κ3) is 3.58. The van der Waals surface area contributed by atoms with Gasteiger partial charge in [-0.1, -0.05) is 41.9 Å². The molecule has 0 bridgehead atoms. The maximum Gasteiger partial charge on any atom is 0.345 e. The lowest BCUT2D eigenvalue weighted by Gasteiger charge is -2.15. The molecule has 3 rings (SSSR count). The van der Waals surface area contributed by atoms with Gasteiger partial charge in [0.05, 0.1) is 17.8 Å². The largest absolute Gasteiger partial charge is 0.462 e. The Kier molecular flexibility index (Phi) is 5.28. The van der Waals surface area contributed by atoms with E-state index in [4.69, 9.17) is 16.3 Å². The van der Waals surface area contributed by atoms with Crippen molar-refractivity contribution in [2.75, 3.05) is 11.9 Å². The molecule has 0 aliphatic carbocycles. The summed E-state index contributed by atoms with van der Waals surface area (Å²) in [5, 5.41) is 4.65. The number of rotatable bonds is 5. The third-order valence-electron chi connectivity index (χ3n) is 4.12. The predicted molar refractivity (Wildman–Crippen MR) is 104 cm³/mol. The molecule has 0 fully saturated rings. The molecule has 0 unspecified atom stereocenters. The molecule has 0 aliphatic heterocycles. The maximum atomic E-state index is 12.6. The van der Waals surface area contributed by atoms with Crippen LogP contribution in [-0.2, 0) is 11.3 Å². The summed E-state index contributed by atoms with van der Waals surface area (Å²) < 4.78 is 5.08. The summed E-state index contributed by atoms with van der Waals surface area (Å²) in [5.74, 6) is -0.643. The summed E-state index contributed by atoms with van der Waals surface area (Å²) >= 11 is 5.92. The van der Waals surface area contributed by atoms with Crippen LogP contribution in [0, 0.1) is 6.92 Å². The molecular weight excluding hydrogens is 352 g/mol. The number of hydrogen-bond acceptors (Lipinski definition) is 4. The van der Waals surface area contributed by atoms with E-state index >= 15 is 0 Å². The Balaban J connectivity index is 2.11. The summed E-state index contributed by atoms with van der Waals surface area (Å²) in [6, 6.07) is 13.0. The van der Waals surface area contributed by atoms with Gasteiger partial charge in [0, 0.05) is 17.0 Å². The monoisotopic (exact) mass is 370 g/mol. The zero-order valence-corrected chi connectivity index (χ0v) is 15.3. The van der Waals surface area contributed by atoms with Crippen molar-refractivity contribution in [1.82, 2.24) is 4.98 Å². The van der Waals surface area contributed by atoms with Gasteiger partial charge in [-0.2, -0.15) is 0 Å². The second-order valence-electron chi connectivity index (χ2n) is 5.90. The number of aromatic amines is 1. The SMILES string of the molecule is CCOC(=O)c1c(NCc2ccc(Cl)cc2)c2cccc(C)c2[nH]c1=O. The van der Waals surface area contributed by atoms with E-state index in [2.05, 4.69) is 10.3 Å². The lowest BCUT2D eigenvalue weighted by molar-refractivity contribution is 0.0525. The molecular formula is C20H19ClN2O3. The predicted octanol–water partition coefficient (Wildman–Crippen LogP) is 4.28. The number of nitrogens with one attached hydrogen (secondary N) is 2. The average Bonchev–Trinajstić information content (AvgIpc) is 2.62. The molecule has 0 saturated carbocycles. The molecule has 2 N–H and O–H groups in total. The first-order chi connectivity index (χ1) is 12.5. The van der Waals surface area contributed by atoms with Gasteiger partial charge in [0.15, 0.2) is 0 Å². The van der Waals surface area contributed by atoms with E-state index in [9.17, 15) is 9.59 Å². The molecule has 0 aliphatic rings. The normalized spacial score (nSPS) is 10.7. The smallest absolute Gasteiger partial charge is 0.345 e. The number of para-hydroxylation sites is 1. The topological polar surface area (TPSA) is 71.2 Å². The number of H-pyrrole nitrogens is 1. The fourth-order valence-corrected chi connectivity index (χ4v) is 2.97. The Hall–Kier alpha value is -2.79. The van der Waals surface area contributed by atoms with Crippen molar-refractivity contribution in [3.05, 3.63) is 74.5 Å². The fourth-order valence-electron chi connectivity index (χ4n) is 2.84. The van der Waals surface area contributed by atoms with Crippen molar-refractivity contribution in [2.24, 2.45) is 0 Å². The fraction of sp³-hybridized carbons (Fsp3) is 0.200. The van der Waals surface area contributed by atoms with Gasteiger partial charge in [-0.3, -0.25) is 4.79 Å². The van der Waals surface area contributed by atoms with E-state index in [1.165, 1.54) is 0 Å². The average molecular weight is 371 g/mol. The number of esters is 1. The molecule has 0 amide bonds. The van der Waals surface area contributed by atoms with Gasteiger partial charge < -0.3 is 15.0 Å². The number of aryl methyl sites for hydroxylation is 1. The van der Waals surface area contributed by atoms with Crippen LogP contribution in [0.2, 0.25) is 5.02 Å². The zero-order valence-electron chi connectivity index (χ0n) is 14.6. The van der Waals surface area contributed by atoms with Gasteiger partial charge in [-0.15, -0.1) is 0 Å². The molecule has 0 spiro atoms. The van der Waals surface area contributed by atoms with Crippen LogP contribution in [-0.4, -0.2) is 17.6 Å². The van der Waals surface area contributed by atoms with Crippen LogP contribution in [0.25, 0.3) is 10.9 Å². The van der Waals surface area contributed by atoms with Crippen molar-refractivity contribution in [2.45, 2.75) is 20.4 Å². The minimum atomic E-state index is -0.643. The Morgan fingerprint density at radius 3 is 2.62 bits per heavy atom. The molecule has 0 saturated heterocycles. The number of carbonyl (C=O) groups is 1. The van der Waals surface area contributed by atoms with Crippen molar-refractivity contribution < 1.29 is 9.53 Å². The van der Waals surface area contributed by atoms with Crippen LogP contribution < -0.4 is 10.9 Å². The molecule has 3 aromatic rings. The first-order valence-electron chi connectivity index (χ1n) is 8.32. The van der Waals surface area contributed by atoms with Crippen LogP contribution in [0.15, 0.2) is 47.3 Å². The van der Waals surface area contributed by atoms with Crippen LogP contribution in [0.1, 0.15) is 28.4 Å². The van der Waals surface area contributed by atoms with E-state index in [1.54, 1.807) is 19.1 Å². The van der Waals surface area contributed by atoms with Crippen molar-refractivity contribution >= 4 is 34.2 Å². The Morgan fingerprint density at radius 1 is 1.19 bits per heavy atom. The second-order valence-corrected chi connectivity index (χ2v) is 6.34. The minimum absolute atomic E-state index is 0.0149. The molecule has 2 aromatic carbocycles. The van der Waals surface area contributed by atoms with Crippen molar-refractivity contribution in [3.63, 3.8) is 0 Å². The standard InChI is InChI=1S/C20H19ClN2O3/c1-3-26-20(25)16-18(22-11-13-7-9-14(21)10-8-13)15-6-4-5-12(2)17(15)23-19(16)24/h4-10H,3,11H2,1-2H3,(H2,22,23,24). The zero-order chi connectivity index (χ0) is 18.7. The van der Waals surface area contributed by atoms with Gasteiger partial charge in [0.2, 0.25) is 0 Å². The summed E-state index contributed by atoms with van der Waals surface area (Å²) in [7, 11) is 0. The Labute approximate surface area is 156 Å². The summed E-state index contributed by atoms with van der Waals surface area (Å²) in [5.41, 5.74) is 2.59. The number of carbonyl (C=O) groups excluding carboxylic acids is 1. The van der Waals surface area contributed by atoms with E-state index in [1.807, 2.05) is 37.3 Å². The first-order valence-corrected chi connectivity index (χ1v) is 8.70. The number of halogens is 1. The highest BCUT2D eigenvalue weighted by molar-refractivity contribution is 6.30. The highest BCUT2D eigenvalue weighted by Gasteiger charge is 2.21. The number of pyridine rings is 1. The van der Waals surface area contributed by atoms with E-state index in [-0.39, 0.29) is 12.2 Å². The molecule has 6 heteroatoms. The number of aromatic nitrogens is 1. The van der Waals surface area contributed by atoms with Crippen molar-refractivity contribution in [1.29, 1.82) is 0 Å². The summed E-state index contributed by atoms with van der Waals surface area (Å²) in [6.07, 6.45) is 0. The Bertz CT molecular complexity index is 1010. The summed E-state index contributed by atoms with van der Waals surface area (Å²) in [4.78, 5) is 27.7. The lowest BCUT2D eigenvalue weighted by atomic mass is 10.1. The number of hydrogen-bond donors (Lipinski definition) is 2. The molecule has 134 valence electrons. The van der Waals surface area contributed by atoms with Crippen LogP contribution in [0.4, 0.5) is 5.69 Å².